The van der Waals surface area contributed by atoms with Gasteiger partial charge in [0, 0.05) is 23.9 Å². The van der Waals surface area contributed by atoms with Crippen LogP contribution in [0.25, 0.3) is 0 Å². The number of nitrogens with one attached hydrogen (secondary N) is 1. The van der Waals surface area contributed by atoms with Crippen molar-refractivity contribution in [1.29, 1.82) is 0 Å². The van der Waals surface area contributed by atoms with E-state index in [1.807, 2.05) is 31.2 Å². The van der Waals surface area contributed by atoms with Gasteiger partial charge in [-0.3, -0.25) is 4.79 Å². The molecule has 0 aromatic heterocycles. The van der Waals surface area contributed by atoms with Gasteiger partial charge in [-0.2, -0.15) is 0 Å². The molecule has 0 aliphatic rings. The molecule has 0 unspecified atom stereocenters. The van der Waals surface area contributed by atoms with Crippen LogP contribution in [0.2, 0.25) is 0 Å². The molecule has 0 saturated heterocycles. The number of phenols is 1. The van der Waals surface area contributed by atoms with Gasteiger partial charge in [-0.1, -0.05) is 23.8 Å². The lowest BCUT2D eigenvalue weighted by Crippen LogP contribution is -2.20. The molecule has 0 aliphatic carbocycles. The summed E-state index contributed by atoms with van der Waals surface area (Å²) in [6.45, 7) is 2.32. The van der Waals surface area contributed by atoms with Gasteiger partial charge in [-0.05, 0) is 25.1 Å². The minimum Gasteiger partial charge on any atom is -0.508 e. The summed E-state index contributed by atoms with van der Waals surface area (Å²) in [5.74, 6) is 0.305. The van der Waals surface area contributed by atoms with Crippen LogP contribution in [0.1, 0.15) is 11.1 Å². The maximum absolute atomic E-state index is 10.7. The molecule has 0 bridgehead atoms. The maximum Gasteiger partial charge on any atom is 0.255 e. The minimum atomic E-state index is -0.516. The highest BCUT2D eigenvalue weighted by molar-refractivity contribution is 5.75. The van der Waals surface area contributed by atoms with Crippen LogP contribution in [-0.4, -0.2) is 17.6 Å². The molecule has 0 aliphatic heterocycles. The second-order valence-electron chi connectivity index (χ2n) is 4.77. The van der Waals surface area contributed by atoms with Gasteiger partial charge in [0.2, 0.25) is 0 Å². The zero-order chi connectivity index (χ0) is 15.2. The predicted molar refractivity (Wildman–Crippen MR) is 81.3 cm³/mol. The molecule has 110 valence electrons. The zero-order valence-electron chi connectivity index (χ0n) is 11.8. The van der Waals surface area contributed by atoms with Crippen molar-refractivity contribution < 1.29 is 14.6 Å². The van der Waals surface area contributed by atoms with Gasteiger partial charge < -0.3 is 20.9 Å². The summed E-state index contributed by atoms with van der Waals surface area (Å²) in [6, 6.07) is 12.7. The van der Waals surface area contributed by atoms with Gasteiger partial charge in [0.25, 0.3) is 5.91 Å². The van der Waals surface area contributed by atoms with Gasteiger partial charge in [0.05, 0.1) is 0 Å². The van der Waals surface area contributed by atoms with Gasteiger partial charge in [0.1, 0.15) is 11.5 Å². The number of phenolic OH excluding ortho intramolecular Hbond substituents is 1. The van der Waals surface area contributed by atoms with E-state index in [1.165, 1.54) is 0 Å². The van der Waals surface area contributed by atoms with Gasteiger partial charge in [-0.15, -0.1) is 0 Å². The first-order valence-electron chi connectivity index (χ1n) is 6.58. The molecule has 4 N–H and O–H groups in total. The van der Waals surface area contributed by atoms with Crippen LogP contribution in [0.3, 0.4) is 0 Å². The first-order chi connectivity index (χ1) is 10.0. The van der Waals surface area contributed by atoms with Crippen LogP contribution < -0.4 is 15.8 Å². The third kappa shape index (κ3) is 4.42. The fourth-order valence-corrected chi connectivity index (χ4v) is 1.90. The van der Waals surface area contributed by atoms with Crippen LogP contribution in [0.15, 0.2) is 42.5 Å². The second kappa shape index (κ2) is 6.65. The molecule has 2 aromatic rings. The number of hydrogen-bond acceptors (Lipinski definition) is 4. The van der Waals surface area contributed by atoms with Crippen LogP contribution >= 0.6 is 0 Å². The smallest absolute Gasteiger partial charge is 0.255 e. The Morgan fingerprint density at radius 2 is 2.10 bits per heavy atom. The predicted octanol–water partition coefficient (Wildman–Crippen LogP) is 2.18. The molecule has 0 radical (unpaired) electrons. The van der Waals surface area contributed by atoms with E-state index in [0.29, 0.717) is 12.3 Å². The average molecular weight is 286 g/mol. The summed E-state index contributed by atoms with van der Waals surface area (Å²) < 4.78 is 5.24. The molecule has 2 aromatic carbocycles. The largest absolute Gasteiger partial charge is 0.508 e. The number of hydrogen-bond donors (Lipinski definition) is 3. The Hall–Kier alpha value is -2.69. The van der Waals surface area contributed by atoms with E-state index in [2.05, 4.69) is 5.32 Å². The van der Waals surface area contributed by atoms with Crippen molar-refractivity contribution in [3.8, 4) is 11.5 Å². The molecule has 0 saturated carbocycles. The summed E-state index contributed by atoms with van der Waals surface area (Å²) in [4.78, 5) is 10.7. The van der Waals surface area contributed by atoms with Crippen molar-refractivity contribution in [2.24, 2.45) is 5.73 Å². The number of aryl methyl sites for hydroxylation is 1. The van der Waals surface area contributed by atoms with E-state index in [9.17, 15) is 9.90 Å². The lowest BCUT2D eigenvalue weighted by atomic mass is 10.1. The first kappa shape index (κ1) is 14.7. The number of ether oxygens (including phenoxy) is 1. The van der Waals surface area contributed by atoms with Crippen LogP contribution in [0.4, 0.5) is 5.69 Å². The zero-order valence-corrected chi connectivity index (χ0v) is 11.8. The molecular weight excluding hydrogens is 268 g/mol. The molecule has 0 heterocycles. The fourth-order valence-electron chi connectivity index (χ4n) is 1.90. The molecule has 1 amide bonds. The van der Waals surface area contributed by atoms with Crippen molar-refractivity contribution in [1.82, 2.24) is 0 Å². The van der Waals surface area contributed by atoms with Crippen LogP contribution in [-0.2, 0) is 11.3 Å². The molecule has 0 spiro atoms. The maximum atomic E-state index is 10.7. The molecule has 5 nitrogen and oxygen atoms in total. The second-order valence-corrected chi connectivity index (χ2v) is 4.77. The molecule has 0 fully saturated rings. The van der Waals surface area contributed by atoms with E-state index >= 15 is 0 Å². The normalized spacial score (nSPS) is 10.1. The van der Waals surface area contributed by atoms with E-state index < -0.39 is 5.91 Å². The van der Waals surface area contributed by atoms with E-state index in [0.717, 1.165) is 16.8 Å². The summed E-state index contributed by atoms with van der Waals surface area (Å²) in [7, 11) is 0. The van der Waals surface area contributed by atoms with Crippen molar-refractivity contribution in [3.05, 3.63) is 53.6 Å². The lowest BCUT2D eigenvalue weighted by molar-refractivity contribution is -0.119. The SMILES string of the molecule is Cc1ccc(O)c(CNc2cccc(OCC(N)=O)c2)c1. The highest BCUT2D eigenvalue weighted by Gasteiger charge is 2.03. The highest BCUT2D eigenvalue weighted by atomic mass is 16.5. The van der Waals surface area contributed by atoms with E-state index in [4.69, 9.17) is 10.5 Å². The van der Waals surface area contributed by atoms with Crippen LogP contribution in [0.5, 0.6) is 11.5 Å². The quantitative estimate of drug-likeness (QED) is 0.760. The minimum absolute atomic E-state index is 0.151. The number of nitrogens with two attached hydrogens (primary N) is 1. The Bertz CT molecular complexity index is 641. The first-order valence-corrected chi connectivity index (χ1v) is 6.58. The fraction of sp³-hybridized carbons (Fsp3) is 0.188. The third-order valence-electron chi connectivity index (χ3n) is 2.93. The number of primary amides is 1. The van der Waals surface area contributed by atoms with Gasteiger partial charge >= 0.3 is 0 Å². The number of rotatable bonds is 6. The van der Waals surface area contributed by atoms with Crippen molar-refractivity contribution in [3.63, 3.8) is 0 Å². The number of carbonyl (C=O) groups excluding carboxylic acids is 1. The Morgan fingerprint density at radius 1 is 1.29 bits per heavy atom. The Morgan fingerprint density at radius 3 is 2.86 bits per heavy atom. The summed E-state index contributed by atoms with van der Waals surface area (Å²) >= 11 is 0. The number of aromatic hydroxyl groups is 1. The summed E-state index contributed by atoms with van der Waals surface area (Å²) in [5.41, 5.74) is 7.77. The van der Waals surface area contributed by atoms with Crippen molar-refractivity contribution in [2.75, 3.05) is 11.9 Å². The molecule has 0 atom stereocenters. The Labute approximate surface area is 123 Å². The van der Waals surface area contributed by atoms with Crippen molar-refractivity contribution >= 4 is 11.6 Å². The van der Waals surface area contributed by atoms with Crippen LogP contribution in [0, 0.1) is 6.92 Å². The number of carbonyl (C=O) groups is 1. The Kier molecular flexibility index (Phi) is 4.66. The van der Waals surface area contributed by atoms with Gasteiger partial charge in [0.15, 0.2) is 6.61 Å². The highest BCUT2D eigenvalue weighted by Crippen LogP contribution is 2.21. The van der Waals surface area contributed by atoms with Crippen molar-refractivity contribution in [2.45, 2.75) is 13.5 Å². The molecule has 2 rings (SSSR count). The lowest BCUT2D eigenvalue weighted by Gasteiger charge is -2.10. The number of anilines is 1. The molecule has 21 heavy (non-hydrogen) atoms. The standard InChI is InChI=1S/C16H18N2O3/c1-11-5-6-15(19)12(7-11)9-18-13-3-2-4-14(8-13)21-10-16(17)20/h2-8,18-19H,9-10H2,1H3,(H2,17,20). The third-order valence-corrected chi connectivity index (χ3v) is 2.93. The number of amides is 1. The number of benzene rings is 2. The summed E-state index contributed by atoms with van der Waals surface area (Å²) in [5, 5.41) is 13.0. The monoisotopic (exact) mass is 286 g/mol. The average Bonchev–Trinajstić information content (AvgIpc) is 2.46. The van der Waals surface area contributed by atoms with E-state index in [1.54, 1.807) is 18.2 Å². The molecule has 5 heteroatoms. The van der Waals surface area contributed by atoms with Gasteiger partial charge in [-0.25, -0.2) is 0 Å². The Balaban J connectivity index is 2.01. The topological polar surface area (TPSA) is 84.6 Å². The van der Waals surface area contributed by atoms with E-state index in [-0.39, 0.29) is 12.4 Å². The summed E-state index contributed by atoms with van der Waals surface area (Å²) in [6.07, 6.45) is 0. The molecular formula is C16H18N2O3.